The zero-order valence-electron chi connectivity index (χ0n) is 6.35. The molecule has 0 N–H and O–H groups in total. The van der Waals surface area contributed by atoms with E-state index in [9.17, 15) is 9.59 Å². The second-order valence-corrected chi connectivity index (χ2v) is 3.62. The van der Waals surface area contributed by atoms with Gasteiger partial charge in [0.2, 0.25) is 0 Å². The van der Waals surface area contributed by atoms with Gasteiger partial charge in [0.1, 0.15) is 11.7 Å². The lowest BCUT2D eigenvalue weighted by Gasteiger charge is -2.16. The van der Waals surface area contributed by atoms with E-state index in [4.69, 9.17) is 11.6 Å². The predicted molar refractivity (Wildman–Crippen MR) is 40.2 cm³/mol. The molecule has 0 aliphatic rings. The summed E-state index contributed by atoms with van der Waals surface area (Å²) in [5, 5.41) is -0.986. The standard InChI is InChI=1S/C7H11ClO2/c1-7(2,3)6(10)5(8)4-9/h4-5H,1-3H3. The number of rotatable bonds is 2. The van der Waals surface area contributed by atoms with Crippen molar-refractivity contribution in [2.24, 2.45) is 5.41 Å². The molecule has 1 atom stereocenters. The van der Waals surface area contributed by atoms with Gasteiger partial charge in [-0.1, -0.05) is 20.8 Å². The molecule has 0 aliphatic carbocycles. The van der Waals surface area contributed by atoms with Crippen LogP contribution in [0.15, 0.2) is 0 Å². The Balaban J connectivity index is 4.22. The molecule has 0 saturated heterocycles. The van der Waals surface area contributed by atoms with Crippen LogP contribution in [0.1, 0.15) is 20.8 Å². The molecule has 58 valence electrons. The first-order chi connectivity index (χ1) is 4.39. The molecule has 0 spiro atoms. The van der Waals surface area contributed by atoms with E-state index in [-0.39, 0.29) is 5.78 Å². The molecule has 0 rings (SSSR count). The second kappa shape index (κ2) is 3.15. The lowest BCUT2D eigenvalue weighted by atomic mass is 9.89. The van der Waals surface area contributed by atoms with Crippen LogP contribution in [0, 0.1) is 5.41 Å². The van der Waals surface area contributed by atoms with E-state index >= 15 is 0 Å². The topological polar surface area (TPSA) is 34.1 Å². The fraction of sp³-hybridized carbons (Fsp3) is 0.714. The summed E-state index contributed by atoms with van der Waals surface area (Å²) < 4.78 is 0. The lowest BCUT2D eigenvalue weighted by molar-refractivity contribution is -0.128. The van der Waals surface area contributed by atoms with Crippen LogP contribution in [-0.2, 0) is 9.59 Å². The highest BCUT2D eigenvalue weighted by molar-refractivity contribution is 6.39. The molecule has 3 heteroatoms. The summed E-state index contributed by atoms with van der Waals surface area (Å²) in [5.74, 6) is -0.232. The van der Waals surface area contributed by atoms with Gasteiger partial charge < -0.3 is 4.79 Å². The number of ketones is 1. The van der Waals surface area contributed by atoms with Crippen LogP contribution in [0.3, 0.4) is 0 Å². The molecule has 0 fully saturated rings. The fourth-order valence-corrected chi connectivity index (χ4v) is 0.803. The molecule has 0 aromatic carbocycles. The Labute approximate surface area is 65.6 Å². The maximum atomic E-state index is 11.0. The molecule has 0 bridgehead atoms. The SMILES string of the molecule is CC(C)(C)C(=O)C(Cl)C=O. The zero-order valence-corrected chi connectivity index (χ0v) is 7.11. The normalized spacial score (nSPS) is 14.4. The van der Waals surface area contributed by atoms with Crippen molar-refractivity contribution in [3.63, 3.8) is 0 Å². The Morgan fingerprint density at radius 1 is 1.50 bits per heavy atom. The number of Topliss-reactive ketones (excluding diaryl/α,β-unsaturated/α-hetero) is 1. The van der Waals surface area contributed by atoms with Gasteiger partial charge in [-0.2, -0.15) is 0 Å². The van der Waals surface area contributed by atoms with E-state index in [2.05, 4.69) is 0 Å². The van der Waals surface area contributed by atoms with Crippen molar-refractivity contribution in [3.8, 4) is 0 Å². The minimum absolute atomic E-state index is 0.232. The first-order valence-corrected chi connectivity index (χ1v) is 3.47. The third-order valence-corrected chi connectivity index (χ3v) is 1.41. The van der Waals surface area contributed by atoms with Crippen molar-refractivity contribution in [3.05, 3.63) is 0 Å². The van der Waals surface area contributed by atoms with Crippen molar-refractivity contribution < 1.29 is 9.59 Å². The van der Waals surface area contributed by atoms with Gasteiger partial charge in [0.25, 0.3) is 0 Å². The van der Waals surface area contributed by atoms with Gasteiger partial charge >= 0.3 is 0 Å². The van der Waals surface area contributed by atoms with E-state index in [1.807, 2.05) is 0 Å². The molecule has 0 radical (unpaired) electrons. The van der Waals surface area contributed by atoms with Gasteiger partial charge in [-0.05, 0) is 0 Å². The van der Waals surface area contributed by atoms with Crippen molar-refractivity contribution >= 4 is 23.7 Å². The van der Waals surface area contributed by atoms with Gasteiger partial charge in [-0.3, -0.25) is 4.79 Å². The summed E-state index contributed by atoms with van der Waals surface area (Å²) in [5.41, 5.74) is -0.521. The summed E-state index contributed by atoms with van der Waals surface area (Å²) in [6.07, 6.45) is 0.454. The Hall–Kier alpha value is -0.370. The van der Waals surface area contributed by atoms with Gasteiger partial charge in [0.15, 0.2) is 5.78 Å². The summed E-state index contributed by atoms with van der Waals surface area (Å²) in [6.45, 7) is 5.19. The molecule has 1 unspecified atom stereocenters. The summed E-state index contributed by atoms with van der Waals surface area (Å²) >= 11 is 5.38. The molecule has 10 heavy (non-hydrogen) atoms. The molecule has 0 amide bonds. The van der Waals surface area contributed by atoms with Crippen molar-refractivity contribution in [1.82, 2.24) is 0 Å². The Morgan fingerprint density at radius 2 is 1.90 bits per heavy atom. The monoisotopic (exact) mass is 162 g/mol. The number of halogens is 1. The van der Waals surface area contributed by atoms with Crippen LogP contribution >= 0.6 is 11.6 Å². The highest BCUT2D eigenvalue weighted by Gasteiger charge is 2.27. The third-order valence-electron chi connectivity index (χ3n) is 1.11. The first kappa shape index (κ1) is 9.63. The molecule has 0 saturated carbocycles. The highest BCUT2D eigenvalue weighted by atomic mass is 35.5. The van der Waals surface area contributed by atoms with Gasteiger partial charge in [-0.15, -0.1) is 11.6 Å². The van der Waals surface area contributed by atoms with Gasteiger partial charge in [0.05, 0.1) is 0 Å². The lowest BCUT2D eigenvalue weighted by Crippen LogP contribution is -2.29. The molecular weight excluding hydrogens is 152 g/mol. The minimum Gasteiger partial charge on any atom is -0.301 e. The Bertz CT molecular complexity index is 146. The van der Waals surface area contributed by atoms with E-state index in [0.717, 1.165) is 0 Å². The largest absolute Gasteiger partial charge is 0.301 e. The molecule has 0 aliphatic heterocycles. The number of carbonyl (C=O) groups excluding carboxylic acids is 2. The third kappa shape index (κ3) is 2.48. The average Bonchev–Trinajstić information content (AvgIpc) is 1.83. The van der Waals surface area contributed by atoms with E-state index in [1.54, 1.807) is 20.8 Å². The zero-order chi connectivity index (χ0) is 8.36. The maximum Gasteiger partial charge on any atom is 0.163 e. The van der Waals surface area contributed by atoms with Crippen molar-refractivity contribution in [1.29, 1.82) is 0 Å². The number of carbonyl (C=O) groups is 2. The molecule has 0 aromatic heterocycles. The van der Waals surface area contributed by atoms with E-state index < -0.39 is 10.8 Å². The highest BCUT2D eigenvalue weighted by Crippen LogP contribution is 2.18. The number of hydrogen-bond acceptors (Lipinski definition) is 2. The van der Waals surface area contributed by atoms with Gasteiger partial charge in [-0.25, -0.2) is 0 Å². The van der Waals surface area contributed by atoms with Crippen molar-refractivity contribution in [2.75, 3.05) is 0 Å². The van der Waals surface area contributed by atoms with E-state index in [0.29, 0.717) is 6.29 Å². The quantitative estimate of drug-likeness (QED) is 0.350. The Morgan fingerprint density at radius 3 is 2.00 bits per heavy atom. The summed E-state index contributed by atoms with van der Waals surface area (Å²) in [6, 6.07) is 0. The summed E-state index contributed by atoms with van der Waals surface area (Å²) in [4.78, 5) is 21.1. The number of hydrogen-bond donors (Lipinski definition) is 0. The van der Waals surface area contributed by atoms with Gasteiger partial charge in [0, 0.05) is 5.41 Å². The molecule has 0 aromatic rings. The second-order valence-electron chi connectivity index (χ2n) is 3.15. The average molecular weight is 163 g/mol. The smallest absolute Gasteiger partial charge is 0.163 e. The van der Waals surface area contributed by atoms with E-state index in [1.165, 1.54) is 0 Å². The van der Waals surface area contributed by atoms with Crippen LogP contribution in [0.25, 0.3) is 0 Å². The van der Waals surface area contributed by atoms with Crippen molar-refractivity contribution in [2.45, 2.75) is 26.1 Å². The molecule has 0 heterocycles. The van der Waals surface area contributed by atoms with Crippen LogP contribution < -0.4 is 0 Å². The first-order valence-electron chi connectivity index (χ1n) is 3.03. The molecular formula is C7H11ClO2. The number of aldehydes is 1. The number of alkyl halides is 1. The van der Waals surface area contributed by atoms with Crippen LogP contribution in [-0.4, -0.2) is 17.4 Å². The van der Waals surface area contributed by atoms with Crippen LogP contribution in [0.4, 0.5) is 0 Å². The maximum absolute atomic E-state index is 11.0. The van der Waals surface area contributed by atoms with Crippen LogP contribution in [0.2, 0.25) is 0 Å². The summed E-state index contributed by atoms with van der Waals surface area (Å²) in [7, 11) is 0. The molecule has 2 nitrogen and oxygen atoms in total. The fourth-order valence-electron chi connectivity index (χ4n) is 0.475. The minimum atomic E-state index is -0.986. The Kier molecular flexibility index (Phi) is 3.03. The van der Waals surface area contributed by atoms with Crippen LogP contribution in [0.5, 0.6) is 0 Å². The predicted octanol–water partition coefficient (Wildman–Crippen LogP) is 1.41.